The Bertz CT molecular complexity index is 562. The Balaban J connectivity index is 1.94. The molecule has 0 saturated carbocycles. The Hall–Kier alpha value is -2.50. The Labute approximate surface area is 111 Å². The Morgan fingerprint density at radius 1 is 1.42 bits per heavy atom. The molecule has 0 atom stereocenters. The van der Waals surface area contributed by atoms with E-state index in [1.165, 1.54) is 10.9 Å². The van der Waals surface area contributed by atoms with Gasteiger partial charge in [0.05, 0.1) is 11.9 Å². The highest BCUT2D eigenvalue weighted by Gasteiger charge is 2.10. The van der Waals surface area contributed by atoms with E-state index in [4.69, 9.17) is 5.73 Å². The lowest BCUT2D eigenvalue weighted by Crippen LogP contribution is -2.29. The predicted octanol–water partition coefficient (Wildman–Crippen LogP) is 0.830. The summed E-state index contributed by atoms with van der Waals surface area (Å²) in [5.74, 6) is 0.154. The molecule has 1 amide bonds. The summed E-state index contributed by atoms with van der Waals surface area (Å²) in [5.41, 5.74) is 7.02. The molecule has 0 bridgehead atoms. The number of amides is 1. The highest BCUT2D eigenvalue weighted by molar-refractivity contribution is 5.75. The smallest absolute Gasteiger partial charge is 0.244 e. The quantitative estimate of drug-likeness (QED) is 0.852. The van der Waals surface area contributed by atoms with Crippen LogP contribution < -0.4 is 5.73 Å². The van der Waals surface area contributed by atoms with Crippen LogP contribution in [-0.4, -0.2) is 32.7 Å². The molecule has 0 aliphatic carbocycles. The molecule has 6 heteroatoms. The Morgan fingerprint density at radius 2 is 2.11 bits per heavy atom. The number of phenolic OH excluding ortho intramolecular Hbond substituents is 1. The summed E-state index contributed by atoms with van der Waals surface area (Å²) in [6.45, 7) is 0.641. The number of likely N-dealkylation sites (N-methyl/N-ethyl adjacent to an activating group) is 1. The van der Waals surface area contributed by atoms with Crippen LogP contribution in [0.15, 0.2) is 36.7 Å². The molecule has 0 aliphatic heterocycles. The Morgan fingerprint density at radius 3 is 2.68 bits per heavy atom. The van der Waals surface area contributed by atoms with E-state index in [1.54, 1.807) is 42.4 Å². The number of carbonyl (C=O) groups excluding carboxylic acids is 1. The highest BCUT2D eigenvalue weighted by Crippen LogP contribution is 2.11. The van der Waals surface area contributed by atoms with Gasteiger partial charge in [0, 0.05) is 19.8 Å². The molecular weight excluding hydrogens is 244 g/mol. The van der Waals surface area contributed by atoms with Crippen LogP contribution in [0.25, 0.3) is 0 Å². The SMILES string of the molecule is CN(Cc1ccc(O)cc1)C(=O)Cn1cc(N)cn1. The first-order valence-corrected chi connectivity index (χ1v) is 5.84. The van der Waals surface area contributed by atoms with Crippen LogP contribution in [0.1, 0.15) is 5.56 Å². The lowest BCUT2D eigenvalue weighted by molar-refractivity contribution is -0.131. The first-order chi connectivity index (χ1) is 9.04. The first-order valence-electron chi connectivity index (χ1n) is 5.84. The third-order valence-electron chi connectivity index (χ3n) is 2.73. The number of aromatic hydroxyl groups is 1. The summed E-state index contributed by atoms with van der Waals surface area (Å²) >= 11 is 0. The van der Waals surface area contributed by atoms with Crippen molar-refractivity contribution < 1.29 is 9.90 Å². The zero-order valence-electron chi connectivity index (χ0n) is 10.7. The van der Waals surface area contributed by atoms with Crippen molar-refractivity contribution in [2.75, 3.05) is 12.8 Å². The molecule has 0 radical (unpaired) electrons. The van der Waals surface area contributed by atoms with Crippen molar-refractivity contribution in [2.45, 2.75) is 13.1 Å². The van der Waals surface area contributed by atoms with E-state index in [2.05, 4.69) is 5.10 Å². The van der Waals surface area contributed by atoms with Gasteiger partial charge in [0.2, 0.25) is 5.91 Å². The van der Waals surface area contributed by atoms with E-state index in [-0.39, 0.29) is 18.2 Å². The number of benzene rings is 1. The first kappa shape index (κ1) is 12.9. The summed E-state index contributed by atoms with van der Waals surface area (Å²) in [5, 5.41) is 13.2. The minimum absolute atomic E-state index is 0.0591. The number of anilines is 1. The molecule has 0 spiro atoms. The number of aromatic nitrogens is 2. The molecule has 1 aromatic heterocycles. The molecule has 1 aromatic carbocycles. The molecule has 0 aliphatic rings. The van der Waals surface area contributed by atoms with Gasteiger partial charge in [0.15, 0.2) is 0 Å². The molecule has 2 aromatic rings. The number of nitrogens with zero attached hydrogens (tertiary/aromatic N) is 3. The largest absolute Gasteiger partial charge is 0.508 e. The van der Waals surface area contributed by atoms with E-state index < -0.39 is 0 Å². The van der Waals surface area contributed by atoms with Crippen molar-refractivity contribution in [3.05, 3.63) is 42.2 Å². The zero-order valence-corrected chi connectivity index (χ0v) is 10.7. The number of nitrogens with two attached hydrogens (primary N) is 1. The summed E-state index contributed by atoms with van der Waals surface area (Å²) in [6, 6.07) is 6.76. The second kappa shape index (κ2) is 5.43. The fourth-order valence-corrected chi connectivity index (χ4v) is 1.69. The van der Waals surface area contributed by atoms with E-state index in [9.17, 15) is 9.90 Å². The average Bonchev–Trinajstić information content (AvgIpc) is 2.77. The van der Waals surface area contributed by atoms with Gasteiger partial charge < -0.3 is 15.7 Å². The van der Waals surface area contributed by atoms with Crippen molar-refractivity contribution >= 4 is 11.6 Å². The molecule has 100 valence electrons. The van der Waals surface area contributed by atoms with E-state index in [0.29, 0.717) is 12.2 Å². The van der Waals surface area contributed by atoms with E-state index in [0.717, 1.165) is 5.56 Å². The molecule has 1 heterocycles. The number of nitrogen functional groups attached to an aromatic ring is 1. The maximum absolute atomic E-state index is 12.0. The van der Waals surface area contributed by atoms with Crippen molar-refractivity contribution in [3.8, 4) is 5.75 Å². The molecule has 6 nitrogen and oxygen atoms in total. The second-order valence-electron chi connectivity index (χ2n) is 4.39. The molecular formula is C13H16N4O2. The van der Waals surface area contributed by atoms with Crippen molar-refractivity contribution in [2.24, 2.45) is 0 Å². The standard InChI is InChI=1S/C13H16N4O2/c1-16(7-10-2-4-12(18)5-3-10)13(19)9-17-8-11(14)6-15-17/h2-6,8,18H,7,9,14H2,1H3. The van der Waals surface area contributed by atoms with E-state index >= 15 is 0 Å². The summed E-state index contributed by atoms with van der Waals surface area (Å²) in [7, 11) is 1.72. The van der Waals surface area contributed by atoms with Crippen LogP contribution >= 0.6 is 0 Å². The van der Waals surface area contributed by atoms with Crippen LogP contribution in [0.3, 0.4) is 0 Å². The van der Waals surface area contributed by atoms with Gasteiger partial charge in [0.1, 0.15) is 12.3 Å². The normalized spacial score (nSPS) is 10.4. The lowest BCUT2D eigenvalue weighted by atomic mass is 10.2. The van der Waals surface area contributed by atoms with E-state index in [1.807, 2.05) is 0 Å². The molecule has 0 fully saturated rings. The van der Waals surface area contributed by atoms with Crippen molar-refractivity contribution in [1.82, 2.24) is 14.7 Å². The number of hydrogen-bond donors (Lipinski definition) is 2. The Kier molecular flexibility index (Phi) is 3.70. The molecule has 19 heavy (non-hydrogen) atoms. The lowest BCUT2D eigenvalue weighted by Gasteiger charge is -2.17. The van der Waals surface area contributed by atoms with Crippen LogP contribution in [0.2, 0.25) is 0 Å². The highest BCUT2D eigenvalue weighted by atomic mass is 16.3. The average molecular weight is 260 g/mol. The second-order valence-corrected chi connectivity index (χ2v) is 4.39. The molecule has 2 rings (SSSR count). The third kappa shape index (κ3) is 3.48. The van der Waals surface area contributed by atoms with Crippen LogP contribution in [-0.2, 0) is 17.9 Å². The van der Waals surface area contributed by atoms with Gasteiger partial charge in [-0.2, -0.15) is 5.10 Å². The van der Waals surface area contributed by atoms with Gasteiger partial charge in [-0.15, -0.1) is 0 Å². The topological polar surface area (TPSA) is 84.4 Å². The third-order valence-corrected chi connectivity index (χ3v) is 2.73. The van der Waals surface area contributed by atoms with Gasteiger partial charge in [-0.05, 0) is 17.7 Å². The molecule has 0 saturated heterocycles. The predicted molar refractivity (Wildman–Crippen MR) is 71.2 cm³/mol. The minimum atomic E-state index is -0.0591. The summed E-state index contributed by atoms with van der Waals surface area (Å²) in [4.78, 5) is 13.6. The van der Waals surface area contributed by atoms with Gasteiger partial charge in [-0.1, -0.05) is 12.1 Å². The number of hydrogen-bond acceptors (Lipinski definition) is 4. The maximum atomic E-state index is 12.0. The molecule has 3 N–H and O–H groups in total. The van der Waals surface area contributed by atoms with Crippen LogP contribution in [0, 0.1) is 0 Å². The number of carbonyl (C=O) groups is 1. The zero-order chi connectivity index (χ0) is 13.8. The van der Waals surface area contributed by atoms with Gasteiger partial charge >= 0.3 is 0 Å². The minimum Gasteiger partial charge on any atom is -0.508 e. The van der Waals surface area contributed by atoms with Gasteiger partial charge in [-0.3, -0.25) is 9.48 Å². The number of phenols is 1. The summed E-state index contributed by atoms with van der Waals surface area (Å²) < 4.78 is 1.50. The van der Waals surface area contributed by atoms with Crippen molar-refractivity contribution in [1.29, 1.82) is 0 Å². The fourth-order valence-electron chi connectivity index (χ4n) is 1.69. The fraction of sp³-hybridized carbons (Fsp3) is 0.231. The molecule has 0 unspecified atom stereocenters. The maximum Gasteiger partial charge on any atom is 0.244 e. The van der Waals surface area contributed by atoms with Gasteiger partial charge in [0.25, 0.3) is 0 Å². The van der Waals surface area contributed by atoms with Gasteiger partial charge in [-0.25, -0.2) is 0 Å². The van der Waals surface area contributed by atoms with Crippen LogP contribution in [0.5, 0.6) is 5.75 Å². The summed E-state index contributed by atoms with van der Waals surface area (Å²) in [6.07, 6.45) is 3.12. The van der Waals surface area contributed by atoms with Crippen molar-refractivity contribution in [3.63, 3.8) is 0 Å². The van der Waals surface area contributed by atoms with Crippen LogP contribution in [0.4, 0.5) is 5.69 Å². The monoisotopic (exact) mass is 260 g/mol. The number of rotatable bonds is 4.